The fraction of sp³-hybridized carbons (Fsp3) is 0.353. The Labute approximate surface area is 143 Å². The lowest BCUT2D eigenvalue weighted by Gasteiger charge is -2.12. The van der Waals surface area contributed by atoms with Crippen molar-refractivity contribution in [3.63, 3.8) is 0 Å². The van der Waals surface area contributed by atoms with Crippen molar-refractivity contribution in [3.05, 3.63) is 40.6 Å². The third-order valence-electron chi connectivity index (χ3n) is 4.21. The van der Waals surface area contributed by atoms with Crippen molar-refractivity contribution >= 4 is 33.5 Å². The molecule has 1 aromatic carbocycles. The Hall–Kier alpha value is -2.41. The summed E-state index contributed by atoms with van der Waals surface area (Å²) in [5.74, 6) is 1.31. The number of nitrogens with zero attached hydrogens (tertiary/aromatic N) is 2. The number of hydrogen-bond acceptors (Lipinski definition) is 5. The van der Waals surface area contributed by atoms with Crippen molar-refractivity contribution in [2.45, 2.75) is 38.6 Å². The number of furan rings is 1. The lowest BCUT2D eigenvalue weighted by Crippen LogP contribution is -2.31. The van der Waals surface area contributed by atoms with Gasteiger partial charge in [0.25, 0.3) is 0 Å². The zero-order valence-electron chi connectivity index (χ0n) is 13.5. The highest BCUT2D eigenvalue weighted by Gasteiger charge is 2.28. The molecule has 2 aromatic heterocycles. The van der Waals surface area contributed by atoms with Crippen LogP contribution in [0.2, 0.25) is 0 Å². The van der Waals surface area contributed by atoms with Crippen LogP contribution in [0.5, 0.6) is 0 Å². The number of nitrogens with one attached hydrogen (secondary N) is 2. The van der Waals surface area contributed by atoms with Gasteiger partial charge in [-0.3, -0.25) is 5.32 Å². The molecule has 1 fully saturated rings. The number of rotatable bonds is 4. The molecule has 1 atom stereocenters. The molecular formula is C17H18N4O2S. The van der Waals surface area contributed by atoms with Gasteiger partial charge < -0.3 is 9.73 Å². The Morgan fingerprint density at radius 3 is 2.88 bits per heavy atom. The maximum atomic E-state index is 12.2. The Balaban J connectivity index is 1.44. The molecule has 0 aliphatic heterocycles. The molecule has 4 rings (SSSR count). The number of urea groups is 1. The summed E-state index contributed by atoms with van der Waals surface area (Å²) < 4.78 is 5.89. The first-order chi connectivity index (χ1) is 11.6. The number of hydrogen-bond donors (Lipinski definition) is 2. The second-order valence-corrected chi connectivity index (χ2v) is 7.14. The van der Waals surface area contributed by atoms with Gasteiger partial charge in [-0.2, -0.15) is 0 Å². The van der Waals surface area contributed by atoms with E-state index in [0.717, 1.165) is 27.3 Å². The van der Waals surface area contributed by atoms with Gasteiger partial charge in [0.05, 0.1) is 6.04 Å². The Kier molecular flexibility index (Phi) is 3.72. The number of aryl methyl sites for hydroxylation is 1. The molecule has 0 radical (unpaired) electrons. The predicted octanol–water partition coefficient (Wildman–Crippen LogP) is 4.35. The van der Waals surface area contributed by atoms with Crippen LogP contribution in [0, 0.1) is 6.92 Å². The van der Waals surface area contributed by atoms with Gasteiger partial charge in [0.15, 0.2) is 0 Å². The Morgan fingerprint density at radius 2 is 2.12 bits per heavy atom. The molecule has 2 heterocycles. The summed E-state index contributed by atoms with van der Waals surface area (Å²) in [5, 5.41) is 16.4. The van der Waals surface area contributed by atoms with Gasteiger partial charge in [0, 0.05) is 16.9 Å². The Morgan fingerprint density at radius 1 is 1.33 bits per heavy atom. The first-order valence-corrected chi connectivity index (χ1v) is 8.82. The summed E-state index contributed by atoms with van der Waals surface area (Å²) in [6, 6.07) is 7.32. The summed E-state index contributed by atoms with van der Waals surface area (Å²) in [6.07, 6.45) is 2.34. The highest BCUT2D eigenvalue weighted by molar-refractivity contribution is 7.15. The van der Waals surface area contributed by atoms with Crippen molar-refractivity contribution < 1.29 is 9.21 Å². The predicted molar refractivity (Wildman–Crippen MR) is 93.4 cm³/mol. The third kappa shape index (κ3) is 2.87. The lowest BCUT2D eigenvalue weighted by molar-refractivity contribution is 0.247. The summed E-state index contributed by atoms with van der Waals surface area (Å²) in [5.41, 5.74) is 1.88. The average Bonchev–Trinajstić information content (AvgIpc) is 3.23. The van der Waals surface area contributed by atoms with Crippen LogP contribution in [0.3, 0.4) is 0 Å². The SMILES string of the molecule is Cc1c([C@H](C)NC(=O)Nc2nnc(C3CC3)s2)oc2ccccc12. The summed E-state index contributed by atoms with van der Waals surface area (Å²) in [7, 11) is 0. The topological polar surface area (TPSA) is 80.0 Å². The van der Waals surface area contributed by atoms with Gasteiger partial charge in [-0.15, -0.1) is 10.2 Å². The minimum Gasteiger partial charge on any atom is -0.459 e. The fourth-order valence-corrected chi connectivity index (χ4v) is 3.69. The van der Waals surface area contributed by atoms with E-state index in [4.69, 9.17) is 4.42 Å². The van der Waals surface area contributed by atoms with E-state index in [1.54, 1.807) is 0 Å². The number of carbonyl (C=O) groups is 1. The number of anilines is 1. The van der Waals surface area contributed by atoms with Crippen molar-refractivity contribution in [3.8, 4) is 0 Å². The quantitative estimate of drug-likeness (QED) is 0.738. The molecule has 1 aliphatic rings. The normalized spacial score (nSPS) is 15.4. The summed E-state index contributed by atoms with van der Waals surface area (Å²) >= 11 is 1.44. The largest absolute Gasteiger partial charge is 0.459 e. The van der Waals surface area contributed by atoms with E-state index in [1.807, 2.05) is 38.1 Å². The number of para-hydroxylation sites is 1. The van der Waals surface area contributed by atoms with Crippen molar-refractivity contribution in [2.24, 2.45) is 0 Å². The van der Waals surface area contributed by atoms with Crippen LogP contribution in [0.15, 0.2) is 28.7 Å². The van der Waals surface area contributed by atoms with E-state index in [2.05, 4.69) is 20.8 Å². The second-order valence-electron chi connectivity index (χ2n) is 6.13. The molecule has 6 nitrogen and oxygen atoms in total. The highest BCUT2D eigenvalue weighted by atomic mass is 32.1. The molecule has 0 bridgehead atoms. The second kappa shape index (κ2) is 5.90. The van der Waals surface area contributed by atoms with Crippen LogP contribution >= 0.6 is 11.3 Å². The molecule has 0 unspecified atom stereocenters. The zero-order valence-corrected chi connectivity index (χ0v) is 14.3. The molecule has 2 amide bonds. The van der Waals surface area contributed by atoms with Gasteiger partial charge in [-0.25, -0.2) is 4.79 Å². The molecule has 2 N–H and O–H groups in total. The van der Waals surface area contributed by atoms with Gasteiger partial charge in [-0.1, -0.05) is 29.5 Å². The molecule has 3 aromatic rings. The maximum Gasteiger partial charge on any atom is 0.321 e. The number of amides is 2. The van der Waals surface area contributed by atoms with E-state index >= 15 is 0 Å². The fourth-order valence-electron chi connectivity index (χ4n) is 2.78. The van der Waals surface area contributed by atoms with Gasteiger partial charge >= 0.3 is 6.03 Å². The minimum atomic E-state index is -0.305. The lowest BCUT2D eigenvalue weighted by atomic mass is 10.1. The molecule has 7 heteroatoms. The average molecular weight is 342 g/mol. The number of benzene rings is 1. The standard InChI is InChI=1S/C17H18N4O2S/c1-9-12-5-3-4-6-13(12)23-14(9)10(2)18-16(22)19-17-21-20-15(24-17)11-7-8-11/h3-6,10-11H,7-8H2,1-2H3,(H2,18,19,21,22)/t10-/m0/s1. The molecule has 0 saturated heterocycles. The number of carbonyl (C=O) groups excluding carboxylic acids is 1. The summed E-state index contributed by atoms with van der Waals surface area (Å²) in [4.78, 5) is 12.2. The molecule has 0 spiro atoms. The summed E-state index contributed by atoms with van der Waals surface area (Å²) in [6.45, 7) is 3.91. The van der Waals surface area contributed by atoms with Crippen molar-refractivity contribution in [2.75, 3.05) is 5.32 Å². The van der Waals surface area contributed by atoms with E-state index in [1.165, 1.54) is 24.2 Å². The van der Waals surface area contributed by atoms with Crippen molar-refractivity contribution in [1.29, 1.82) is 0 Å². The van der Waals surface area contributed by atoms with E-state index < -0.39 is 0 Å². The first-order valence-electron chi connectivity index (χ1n) is 8.01. The van der Waals surface area contributed by atoms with Crippen LogP contribution in [-0.4, -0.2) is 16.2 Å². The highest BCUT2D eigenvalue weighted by Crippen LogP contribution is 2.42. The van der Waals surface area contributed by atoms with E-state index in [0.29, 0.717) is 11.0 Å². The van der Waals surface area contributed by atoms with Crippen LogP contribution in [0.4, 0.5) is 9.93 Å². The smallest absolute Gasteiger partial charge is 0.321 e. The Bertz CT molecular complexity index is 897. The third-order valence-corrected chi connectivity index (χ3v) is 5.21. The van der Waals surface area contributed by atoms with Gasteiger partial charge in [-0.05, 0) is 32.8 Å². The number of fused-ring (bicyclic) bond motifs is 1. The molecule has 24 heavy (non-hydrogen) atoms. The molecule has 1 saturated carbocycles. The molecule has 124 valence electrons. The van der Waals surface area contributed by atoms with Crippen LogP contribution in [0.25, 0.3) is 11.0 Å². The van der Waals surface area contributed by atoms with E-state index in [9.17, 15) is 4.79 Å². The van der Waals surface area contributed by atoms with Gasteiger partial charge in [0.1, 0.15) is 16.4 Å². The monoisotopic (exact) mass is 342 g/mol. The van der Waals surface area contributed by atoms with Crippen LogP contribution in [-0.2, 0) is 0 Å². The van der Waals surface area contributed by atoms with Crippen LogP contribution < -0.4 is 10.6 Å². The number of aromatic nitrogens is 2. The zero-order chi connectivity index (χ0) is 16.7. The molecule has 1 aliphatic carbocycles. The van der Waals surface area contributed by atoms with Crippen LogP contribution in [0.1, 0.15) is 48.1 Å². The first kappa shape index (κ1) is 15.1. The van der Waals surface area contributed by atoms with Gasteiger partial charge in [0.2, 0.25) is 5.13 Å². The minimum absolute atomic E-state index is 0.242. The molecular weight excluding hydrogens is 324 g/mol. The maximum absolute atomic E-state index is 12.2. The van der Waals surface area contributed by atoms with E-state index in [-0.39, 0.29) is 12.1 Å². The van der Waals surface area contributed by atoms with Crippen molar-refractivity contribution in [1.82, 2.24) is 15.5 Å².